The number of thiophene rings is 1. The topological polar surface area (TPSA) is 20.2 Å². The third-order valence-electron chi connectivity index (χ3n) is 1.35. The van der Waals surface area contributed by atoms with Crippen molar-refractivity contribution in [2.75, 3.05) is 5.75 Å². The predicted octanol–water partition coefficient (Wildman–Crippen LogP) is 1.91. The maximum Gasteiger partial charge on any atom is 0.0787 e. The van der Waals surface area contributed by atoms with Crippen LogP contribution in [0.2, 0.25) is 0 Å². The van der Waals surface area contributed by atoms with Crippen LogP contribution in [-0.4, -0.2) is 10.9 Å². The van der Waals surface area contributed by atoms with E-state index in [0.717, 1.165) is 22.6 Å². The SMILES string of the molecule is OCc1sccc1C#CCCS. The van der Waals surface area contributed by atoms with Gasteiger partial charge in [0, 0.05) is 22.6 Å². The van der Waals surface area contributed by atoms with Crippen molar-refractivity contribution in [3.8, 4) is 11.8 Å². The number of hydrogen-bond acceptors (Lipinski definition) is 3. The molecule has 0 spiro atoms. The largest absolute Gasteiger partial charge is 0.391 e. The standard InChI is InChI=1S/C9H10OS2/c10-7-9-8(4-6-12-9)3-1-2-5-11/h4,6,10-11H,2,5,7H2. The lowest BCUT2D eigenvalue weighted by molar-refractivity contribution is 0.285. The highest BCUT2D eigenvalue weighted by molar-refractivity contribution is 7.80. The number of aliphatic hydroxyl groups excluding tert-OH is 1. The van der Waals surface area contributed by atoms with Crippen LogP contribution in [0, 0.1) is 11.8 Å². The molecule has 64 valence electrons. The van der Waals surface area contributed by atoms with Gasteiger partial charge in [0.2, 0.25) is 0 Å². The zero-order valence-electron chi connectivity index (χ0n) is 6.58. The van der Waals surface area contributed by atoms with E-state index in [1.807, 2.05) is 11.4 Å². The highest BCUT2D eigenvalue weighted by Crippen LogP contribution is 2.14. The Morgan fingerprint density at radius 1 is 1.58 bits per heavy atom. The van der Waals surface area contributed by atoms with E-state index in [2.05, 4.69) is 24.5 Å². The molecular formula is C9H10OS2. The first-order chi connectivity index (χ1) is 5.88. The quantitative estimate of drug-likeness (QED) is 0.549. The van der Waals surface area contributed by atoms with Crippen molar-refractivity contribution in [3.05, 3.63) is 21.9 Å². The van der Waals surface area contributed by atoms with Crippen LogP contribution in [-0.2, 0) is 6.61 Å². The van der Waals surface area contributed by atoms with Crippen LogP contribution in [0.3, 0.4) is 0 Å². The van der Waals surface area contributed by atoms with Gasteiger partial charge in [-0.3, -0.25) is 0 Å². The number of thiol groups is 1. The summed E-state index contributed by atoms with van der Waals surface area (Å²) < 4.78 is 0. The summed E-state index contributed by atoms with van der Waals surface area (Å²) in [6, 6.07) is 1.93. The molecule has 1 rings (SSSR count). The lowest BCUT2D eigenvalue weighted by Crippen LogP contribution is -1.80. The minimum Gasteiger partial charge on any atom is -0.391 e. The van der Waals surface area contributed by atoms with Crippen molar-refractivity contribution >= 4 is 24.0 Å². The zero-order chi connectivity index (χ0) is 8.81. The van der Waals surface area contributed by atoms with Gasteiger partial charge >= 0.3 is 0 Å². The van der Waals surface area contributed by atoms with Gasteiger partial charge in [-0.05, 0) is 11.4 Å². The molecule has 12 heavy (non-hydrogen) atoms. The molecule has 0 aliphatic heterocycles. The Hall–Kier alpha value is -0.430. The van der Waals surface area contributed by atoms with Crippen molar-refractivity contribution < 1.29 is 5.11 Å². The maximum atomic E-state index is 8.89. The molecular weight excluding hydrogens is 188 g/mol. The molecule has 1 N–H and O–H groups in total. The Balaban J connectivity index is 2.69. The smallest absolute Gasteiger partial charge is 0.0787 e. The lowest BCUT2D eigenvalue weighted by atomic mass is 10.2. The van der Waals surface area contributed by atoms with Crippen LogP contribution in [0.5, 0.6) is 0 Å². The van der Waals surface area contributed by atoms with Gasteiger partial charge < -0.3 is 5.11 Å². The maximum absolute atomic E-state index is 8.89. The van der Waals surface area contributed by atoms with Crippen LogP contribution < -0.4 is 0 Å². The van der Waals surface area contributed by atoms with E-state index >= 15 is 0 Å². The molecule has 0 unspecified atom stereocenters. The van der Waals surface area contributed by atoms with Gasteiger partial charge in [0.25, 0.3) is 0 Å². The molecule has 0 saturated carbocycles. The molecule has 0 atom stereocenters. The van der Waals surface area contributed by atoms with Crippen molar-refractivity contribution in [1.82, 2.24) is 0 Å². The first kappa shape index (κ1) is 9.66. The number of hydrogen-bond donors (Lipinski definition) is 2. The summed E-state index contributed by atoms with van der Waals surface area (Å²) >= 11 is 5.59. The molecule has 0 aliphatic carbocycles. The van der Waals surface area contributed by atoms with E-state index in [1.165, 1.54) is 11.3 Å². The summed E-state index contributed by atoms with van der Waals surface area (Å²) in [6.07, 6.45) is 0.795. The van der Waals surface area contributed by atoms with Crippen molar-refractivity contribution in [3.63, 3.8) is 0 Å². The summed E-state index contributed by atoms with van der Waals surface area (Å²) in [5.74, 6) is 6.76. The highest BCUT2D eigenvalue weighted by atomic mass is 32.1. The van der Waals surface area contributed by atoms with Gasteiger partial charge in [-0.15, -0.1) is 11.3 Å². The third-order valence-corrected chi connectivity index (χ3v) is 2.48. The molecule has 1 heterocycles. The molecule has 0 amide bonds. The Morgan fingerprint density at radius 2 is 2.42 bits per heavy atom. The second kappa shape index (κ2) is 5.26. The normalized spacial score (nSPS) is 9.17. The van der Waals surface area contributed by atoms with Crippen molar-refractivity contribution in [2.45, 2.75) is 13.0 Å². The number of rotatable bonds is 2. The third kappa shape index (κ3) is 2.56. The van der Waals surface area contributed by atoms with Crippen molar-refractivity contribution in [1.29, 1.82) is 0 Å². The average Bonchev–Trinajstić information content (AvgIpc) is 2.52. The van der Waals surface area contributed by atoms with E-state index in [0.29, 0.717) is 0 Å². The van der Waals surface area contributed by atoms with Gasteiger partial charge in [-0.2, -0.15) is 12.6 Å². The summed E-state index contributed by atoms with van der Waals surface area (Å²) in [4.78, 5) is 0.946. The molecule has 0 saturated heterocycles. The fourth-order valence-electron chi connectivity index (χ4n) is 0.788. The van der Waals surface area contributed by atoms with Gasteiger partial charge in [-0.25, -0.2) is 0 Å². The fraction of sp³-hybridized carbons (Fsp3) is 0.333. The monoisotopic (exact) mass is 198 g/mol. The molecule has 0 fully saturated rings. The van der Waals surface area contributed by atoms with Gasteiger partial charge in [0.15, 0.2) is 0 Å². The van der Waals surface area contributed by atoms with Crippen LogP contribution in [0.15, 0.2) is 11.4 Å². The van der Waals surface area contributed by atoms with Crippen LogP contribution in [0.1, 0.15) is 16.9 Å². The second-order valence-corrected chi connectivity index (χ2v) is 3.64. The average molecular weight is 198 g/mol. The highest BCUT2D eigenvalue weighted by Gasteiger charge is 1.97. The summed E-state index contributed by atoms with van der Waals surface area (Å²) in [5, 5.41) is 10.8. The van der Waals surface area contributed by atoms with Gasteiger partial charge in [0.05, 0.1) is 6.61 Å². The van der Waals surface area contributed by atoms with Crippen LogP contribution in [0.25, 0.3) is 0 Å². The van der Waals surface area contributed by atoms with Gasteiger partial charge in [-0.1, -0.05) is 11.8 Å². The van der Waals surface area contributed by atoms with Crippen LogP contribution >= 0.6 is 24.0 Å². The second-order valence-electron chi connectivity index (χ2n) is 2.19. The minimum absolute atomic E-state index is 0.0859. The molecule has 1 nitrogen and oxygen atoms in total. The Labute approximate surface area is 81.8 Å². The van der Waals surface area contributed by atoms with Crippen LogP contribution in [0.4, 0.5) is 0 Å². The summed E-state index contributed by atoms with van der Waals surface area (Å²) in [7, 11) is 0. The predicted molar refractivity (Wildman–Crippen MR) is 55.6 cm³/mol. The lowest BCUT2D eigenvalue weighted by Gasteiger charge is -1.88. The molecule has 0 aromatic carbocycles. The summed E-state index contributed by atoms with van der Waals surface area (Å²) in [5.41, 5.74) is 0.948. The van der Waals surface area contributed by atoms with E-state index in [4.69, 9.17) is 5.11 Å². The fourth-order valence-corrected chi connectivity index (χ4v) is 1.59. The summed E-state index contributed by atoms with van der Waals surface area (Å²) in [6.45, 7) is 0.0859. The number of aliphatic hydroxyl groups is 1. The van der Waals surface area contributed by atoms with E-state index in [1.54, 1.807) is 0 Å². The Morgan fingerprint density at radius 3 is 3.08 bits per heavy atom. The minimum atomic E-state index is 0.0859. The van der Waals surface area contributed by atoms with Crippen molar-refractivity contribution in [2.24, 2.45) is 0 Å². The molecule has 0 bridgehead atoms. The molecule has 1 aromatic heterocycles. The molecule has 0 aliphatic rings. The van der Waals surface area contributed by atoms with E-state index in [-0.39, 0.29) is 6.61 Å². The molecule has 0 radical (unpaired) electrons. The first-order valence-corrected chi connectivity index (χ1v) is 5.16. The van der Waals surface area contributed by atoms with E-state index in [9.17, 15) is 0 Å². The first-order valence-electron chi connectivity index (χ1n) is 3.65. The van der Waals surface area contributed by atoms with Gasteiger partial charge in [0.1, 0.15) is 0 Å². The Kier molecular flexibility index (Phi) is 4.23. The molecule has 1 aromatic rings. The van der Waals surface area contributed by atoms with E-state index < -0.39 is 0 Å². The zero-order valence-corrected chi connectivity index (χ0v) is 8.29. The molecule has 3 heteroatoms. The Bertz CT molecular complexity index is 293.